The molecule has 0 saturated heterocycles. The molecule has 0 aliphatic rings. The third kappa shape index (κ3) is 12.8. The summed E-state index contributed by atoms with van der Waals surface area (Å²) < 4.78 is 0. The van der Waals surface area contributed by atoms with Crippen LogP contribution in [0.3, 0.4) is 0 Å². The lowest BCUT2D eigenvalue weighted by Gasteiger charge is -2.21. The van der Waals surface area contributed by atoms with Gasteiger partial charge in [0.15, 0.2) is 5.96 Å². The zero-order valence-electron chi connectivity index (χ0n) is 16.4. The second kappa shape index (κ2) is 15.9. The van der Waals surface area contributed by atoms with E-state index in [2.05, 4.69) is 41.3 Å². The summed E-state index contributed by atoms with van der Waals surface area (Å²) in [6, 6.07) is 0.368. The Labute approximate surface area is 165 Å². The molecule has 2 N–H and O–H groups in total. The summed E-state index contributed by atoms with van der Waals surface area (Å²) in [6.07, 6.45) is 2.73. The molecule has 0 heterocycles. The maximum absolute atomic E-state index is 11.6. The molecule has 0 aliphatic carbocycles. The first-order valence-corrected chi connectivity index (χ1v) is 8.91. The van der Waals surface area contributed by atoms with Gasteiger partial charge in [-0.2, -0.15) is 0 Å². The Morgan fingerprint density at radius 3 is 2.29 bits per heavy atom. The van der Waals surface area contributed by atoms with Crippen molar-refractivity contribution in [3.8, 4) is 0 Å². The molecule has 0 aromatic heterocycles. The number of carbonyl (C=O) groups is 1. The van der Waals surface area contributed by atoms with E-state index in [-0.39, 0.29) is 29.9 Å². The average molecular weight is 455 g/mol. The standard InChI is InChI=1S/C17H37N5O.HI/c1-7-18-17(19-13-12-16(23)21(5)6)20-15(4)11-10-14-22(8-2)9-3;/h15H,7-14H2,1-6H3,(H2,18,19,20);1H. The molecule has 24 heavy (non-hydrogen) atoms. The molecule has 0 fully saturated rings. The molecule has 144 valence electrons. The van der Waals surface area contributed by atoms with Gasteiger partial charge in [-0.3, -0.25) is 9.79 Å². The van der Waals surface area contributed by atoms with Gasteiger partial charge in [-0.15, -0.1) is 24.0 Å². The highest BCUT2D eigenvalue weighted by atomic mass is 127. The van der Waals surface area contributed by atoms with Crippen molar-refractivity contribution in [2.75, 3.05) is 46.8 Å². The third-order valence-corrected chi connectivity index (χ3v) is 3.83. The van der Waals surface area contributed by atoms with Crippen molar-refractivity contribution in [2.24, 2.45) is 4.99 Å². The van der Waals surface area contributed by atoms with E-state index in [4.69, 9.17) is 0 Å². The van der Waals surface area contributed by atoms with E-state index in [1.807, 2.05) is 6.92 Å². The molecular weight excluding hydrogens is 417 g/mol. The first kappa shape index (κ1) is 25.7. The van der Waals surface area contributed by atoms with Crippen LogP contribution in [0.2, 0.25) is 0 Å². The number of nitrogens with zero attached hydrogens (tertiary/aromatic N) is 3. The van der Waals surface area contributed by atoms with Crippen molar-refractivity contribution in [3.05, 3.63) is 0 Å². The van der Waals surface area contributed by atoms with Gasteiger partial charge in [0.1, 0.15) is 0 Å². The van der Waals surface area contributed by atoms with Gasteiger partial charge in [0.05, 0.1) is 6.54 Å². The molecule has 0 aromatic rings. The van der Waals surface area contributed by atoms with Gasteiger partial charge in [-0.05, 0) is 46.3 Å². The second-order valence-electron chi connectivity index (χ2n) is 6.01. The number of hydrogen-bond acceptors (Lipinski definition) is 3. The van der Waals surface area contributed by atoms with Gasteiger partial charge >= 0.3 is 0 Å². The van der Waals surface area contributed by atoms with Crippen molar-refractivity contribution < 1.29 is 4.79 Å². The maximum atomic E-state index is 11.6. The van der Waals surface area contributed by atoms with Crippen LogP contribution >= 0.6 is 24.0 Å². The molecule has 0 aliphatic heterocycles. The van der Waals surface area contributed by atoms with Gasteiger partial charge in [0, 0.05) is 33.1 Å². The number of guanidine groups is 1. The third-order valence-electron chi connectivity index (χ3n) is 3.83. The summed E-state index contributed by atoms with van der Waals surface area (Å²) in [6.45, 7) is 13.3. The minimum Gasteiger partial charge on any atom is -0.357 e. The Hall–Kier alpha value is -0.570. The zero-order chi connectivity index (χ0) is 17.7. The fraction of sp³-hybridized carbons (Fsp3) is 0.882. The summed E-state index contributed by atoms with van der Waals surface area (Å²) >= 11 is 0. The summed E-state index contributed by atoms with van der Waals surface area (Å²) in [5.74, 6) is 0.909. The lowest BCUT2D eigenvalue weighted by atomic mass is 10.2. The summed E-state index contributed by atoms with van der Waals surface area (Å²) in [5, 5.41) is 6.67. The molecule has 7 heteroatoms. The fourth-order valence-electron chi connectivity index (χ4n) is 2.27. The van der Waals surface area contributed by atoms with Gasteiger partial charge in [-0.25, -0.2) is 0 Å². The normalized spacial score (nSPS) is 12.5. The van der Waals surface area contributed by atoms with E-state index >= 15 is 0 Å². The number of carbonyl (C=O) groups excluding carboxylic acids is 1. The predicted octanol–water partition coefficient (Wildman–Crippen LogP) is 2.15. The monoisotopic (exact) mass is 455 g/mol. The molecule has 0 radical (unpaired) electrons. The van der Waals surface area contributed by atoms with E-state index in [9.17, 15) is 4.79 Å². The minimum atomic E-state index is 0. The molecule has 0 bridgehead atoms. The molecule has 6 nitrogen and oxygen atoms in total. The lowest BCUT2D eigenvalue weighted by molar-refractivity contribution is -0.128. The first-order chi connectivity index (χ1) is 10.9. The largest absolute Gasteiger partial charge is 0.357 e. The molecule has 0 aromatic carbocycles. The number of nitrogens with one attached hydrogen (secondary N) is 2. The van der Waals surface area contributed by atoms with Crippen molar-refractivity contribution in [1.82, 2.24) is 20.4 Å². The first-order valence-electron chi connectivity index (χ1n) is 8.91. The van der Waals surface area contributed by atoms with Gasteiger partial charge in [0.25, 0.3) is 0 Å². The predicted molar refractivity (Wildman–Crippen MR) is 114 cm³/mol. The Balaban J connectivity index is 0. The van der Waals surface area contributed by atoms with Crippen LogP contribution in [-0.2, 0) is 4.79 Å². The Morgan fingerprint density at radius 1 is 1.17 bits per heavy atom. The summed E-state index contributed by atoms with van der Waals surface area (Å²) in [5.41, 5.74) is 0. The van der Waals surface area contributed by atoms with Gasteiger partial charge < -0.3 is 20.4 Å². The molecule has 1 amide bonds. The molecule has 0 saturated carbocycles. The second-order valence-corrected chi connectivity index (χ2v) is 6.01. The smallest absolute Gasteiger partial charge is 0.223 e. The summed E-state index contributed by atoms with van der Waals surface area (Å²) in [4.78, 5) is 20.1. The molecule has 0 spiro atoms. The average Bonchev–Trinajstić information content (AvgIpc) is 2.51. The molecular formula is C17H38IN5O. The fourth-order valence-corrected chi connectivity index (χ4v) is 2.27. The van der Waals surface area contributed by atoms with Crippen LogP contribution < -0.4 is 10.6 Å². The highest BCUT2D eigenvalue weighted by Gasteiger charge is 2.07. The maximum Gasteiger partial charge on any atom is 0.223 e. The van der Waals surface area contributed by atoms with Crippen LogP contribution in [0.15, 0.2) is 4.99 Å². The van der Waals surface area contributed by atoms with Crippen LogP contribution in [0.25, 0.3) is 0 Å². The van der Waals surface area contributed by atoms with E-state index in [0.29, 0.717) is 19.0 Å². The Morgan fingerprint density at radius 2 is 1.79 bits per heavy atom. The minimum absolute atomic E-state index is 0. The van der Waals surface area contributed by atoms with Crippen LogP contribution in [0, 0.1) is 0 Å². The van der Waals surface area contributed by atoms with Crippen LogP contribution in [0.1, 0.15) is 47.0 Å². The highest BCUT2D eigenvalue weighted by molar-refractivity contribution is 14.0. The van der Waals surface area contributed by atoms with Crippen molar-refractivity contribution in [1.29, 1.82) is 0 Å². The van der Waals surface area contributed by atoms with E-state index in [0.717, 1.165) is 38.6 Å². The highest BCUT2D eigenvalue weighted by Crippen LogP contribution is 2.00. The molecule has 1 atom stereocenters. The summed E-state index contributed by atoms with van der Waals surface area (Å²) in [7, 11) is 3.54. The van der Waals surface area contributed by atoms with Crippen molar-refractivity contribution in [2.45, 2.75) is 53.0 Å². The quantitative estimate of drug-likeness (QED) is 0.285. The number of aliphatic imine (C=N–C) groups is 1. The van der Waals surface area contributed by atoms with Gasteiger partial charge in [-0.1, -0.05) is 13.8 Å². The van der Waals surface area contributed by atoms with Crippen LogP contribution in [-0.4, -0.2) is 74.5 Å². The number of rotatable bonds is 11. The van der Waals surface area contributed by atoms with Crippen LogP contribution in [0.4, 0.5) is 0 Å². The molecule has 1 unspecified atom stereocenters. The number of hydrogen-bond donors (Lipinski definition) is 2. The van der Waals surface area contributed by atoms with E-state index < -0.39 is 0 Å². The van der Waals surface area contributed by atoms with Crippen LogP contribution in [0.5, 0.6) is 0 Å². The lowest BCUT2D eigenvalue weighted by Crippen LogP contribution is -2.42. The van der Waals surface area contributed by atoms with Crippen molar-refractivity contribution in [3.63, 3.8) is 0 Å². The molecule has 0 rings (SSSR count). The van der Waals surface area contributed by atoms with Gasteiger partial charge in [0.2, 0.25) is 5.91 Å². The van der Waals surface area contributed by atoms with E-state index in [1.54, 1.807) is 19.0 Å². The van der Waals surface area contributed by atoms with E-state index in [1.165, 1.54) is 6.42 Å². The van der Waals surface area contributed by atoms with Crippen molar-refractivity contribution >= 4 is 35.8 Å². The SMILES string of the molecule is CCNC(=NCCC(=O)N(C)C)NC(C)CCCN(CC)CC.I. The number of halogens is 1. The zero-order valence-corrected chi connectivity index (χ0v) is 18.7. The Bertz CT molecular complexity index is 346. The number of amides is 1. The Kier molecular flexibility index (Phi) is 17.0. The topological polar surface area (TPSA) is 60.0 Å².